The molecule has 0 bridgehead atoms. The Morgan fingerprint density at radius 3 is 2.65 bits per heavy atom. The van der Waals surface area contributed by atoms with Gasteiger partial charge in [0, 0.05) is 6.54 Å². The molecule has 1 aromatic carbocycles. The molecule has 0 spiro atoms. The predicted octanol–water partition coefficient (Wildman–Crippen LogP) is -0.500. The molecule has 1 saturated heterocycles. The highest BCUT2D eigenvalue weighted by Gasteiger charge is 2.61. The Balaban J connectivity index is 2.18. The number of carbonyl (C=O) groups excluding carboxylic acids is 2. The number of nitrogens with zero attached hydrogens (tertiary/aromatic N) is 1. The fourth-order valence-electron chi connectivity index (χ4n) is 2.49. The van der Waals surface area contributed by atoms with Crippen LogP contribution in [0.1, 0.15) is 12.0 Å². The molecule has 0 aromatic heterocycles. The molecule has 1 heterocycles. The van der Waals surface area contributed by atoms with E-state index < -0.39 is 42.1 Å². The van der Waals surface area contributed by atoms with Gasteiger partial charge in [-0.25, -0.2) is 10.6 Å². The van der Waals surface area contributed by atoms with Crippen LogP contribution in [0.4, 0.5) is 4.79 Å². The normalized spacial score (nSPS) is 23.7. The third-order valence-corrected chi connectivity index (χ3v) is 5.34. The smallest absolute Gasteiger partial charge is 0.411 e. The summed E-state index contributed by atoms with van der Waals surface area (Å²) in [6, 6.07) is 7.28. The Hall–Kier alpha value is -2.11. The van der Waals surface area contributed by atoms with Crippen molar-refractivity contribution in [3.63, 3.8) is 0 Å². The number of nitrogens with two attached hydrogens (primary N) is 1. The zero-order valence-corrected chi connectivity index (χ0v) is 15.2. The van der Waals surface area contributed by atoms with Crippen LogP contribution < -0.4 is 15.9 Å². The van der Waals surface area contributed by atoms with Crippen LogP contribution in [0.2, 0.25) is 0 Å². The lowest BCUT2D eigenvalue weighted by Crippen LogP contribution is -2.71. The van der Waals surface area contributed by atoms with Gasteiger partial charge >= 0.3 is 36.0 Å². The standard InChI is InChI=1S/C13H17N4O7PS/c14-17-7-6-10(16-26(21,22)23)13(25-20,11(17)18)15-12(19)24-8-9-4-2-1-3-5-9/h1-5,10,16H,6-8,14H2,(H,15,19)(H,21,22,23)/p+1/t10?,13-/m1/s1. The van der Waals surface area contributed by atoms with Crippen LogP contribution >= 0.6 is 8.46 Å². The zero-order chi connectivity index (χ0) is 19.4. The van der Waals surface area contributed by atoms with Gasteiger partial charge in [0.05, 0.1) is 0 Å². The summed E-state index contributed by atoms with van der Waals surface area (Å²) in [6.07, 6.45) is -1.18. The molecule has 0 saturated carbocycles. The number of amides is 2. The lowest BCUT2D eigenvalue weighted by atomic mass is 9.99. The van der Waals surface area contributed by atoms with Crippen molar-refractivity contribution >= 4 is 30.8 Å². The van der Waals surface area contributed by atoms with Crippen LogP contribution in [0.25, 0.3) is 0 Å². The molecule has 2 amide bonds. The van der Waals surface area contributed by atoms with Crippen LogP contribution in [-0.2, 0) is 31.0 Å². The predicted molar refractivity (Wildman–Crippen MR) is 90.5 cm³/mol. The summed E-state index contributed by atoms with van der Waals surface area (Å²) in [6.45, 7) is -0.194. The number of rotatable bonds is 6. The number of alkyl carbamates (subject to hydrolysis) is 1. The highest BCUT2D eigenvalue weighted by Crippen LogP contribution is 2.32. The molecule has 26 heavy (non-hydrogen) atoms. The molecule has 11 nitrogen and oxygen atoms in total. The minimum atomic E-state index is -4.72. The van der Waals surface area contributed by atoms with Crippen LogP contribution in [0.3, 0.4) is 0 Å². The second-order valence-corrected chi connectivity index (χ2v) is 7.71. The number of hydrogen-bond acceptors (Lipinski definition) is 7. The minimum Gasteiger partial charge on any atom is -0.445 e. The van der Waals surface area contributed by atoms with Crippen molar-refractivity contribution in [3.8, 4) is 0 Å². The lowest BCUT2D eigenvalue weighted by molar-refractivity contribution is -0.138. The highest BCUT2D eigenvalue weighted by atomic mass is 32.2. The van der Waals surface area contributed by atoms with Gasteiger partial charge in [-0.2, -0.15) is 13.1 Å². The average molecular weight is 405 g/mol. The van der Waals surface area contributed by atoms with E-state index in [4.69, 9.17) is 15.1 Å². The molecule has 2 unspecified atom stereocenters. The van der Waals surface area contributed by atoms with Gasteiger partial charge in [0.1, 0.15) is 12.6 Å². The lowest BCUT2D eigenvalue weighted by Gasteiger charge is -2.36. The summed E-state index contributed by atoms with van der Waals surface area (Å²) in [5.41, 5.74) is 0.671. The molecule has 0 aliphatic carbocycles. The third-order valence-electron chi connectivity index (χ3n) is 3.74. The van der Waals surface area contributed by atoms with E-state index in [1.54, 1.807) is 35.1 Å². The molecule has 5 N–H and O–H groups in total. The summed E-state index contributed by atoms with van der Waals surface area (Å²) in [5, 5.41) is 0.650. The Kier molecular flexibility index (Phi) is 6.26. The molecule has 0 radical (unpaired) electrons. The Morgan fingerprint density at radius 1 is 1.42 bits per heavy atom. The molecule has 3 atom stereocenters. The molecule has 1 aliphatic heterocycles. The topological polar surface area (TPSA) is 168 Å². The molecule has 1 aromatic rings. The first-order valence-electron chi connectivity index (χ1n) is 7.37. The summed E-state index contributed by atoms with van der Waals surface area (Å²) in [5.74, 6) is 4.54. The molecule has 13 heteroatoms. The zero-order valence-electron chi connectivity index (χ0n) is 13.4. The van der Waals surface area contributed by atoms with Gasteiger partial charge in [0.15, 0.2) is 0 Å². The van der Waals surface area contributed by atoms with E-state index in [0.717, 1.165) is 0 Å². The van der Waals surface area contributed by atoms with Crippen LogP contribution in [0.5, 0.6) is 0 Å². The molecule has 2 rings (SSSR count). The number of piperidine rings is 1. The van der Waals surface area contributed by atoms with Gasteiger partial charge < -0.3 is 4.74 Å². The quantitative estimate of drug-likeness (QED) is 0.213. The van der Waals surface area contributed by atoms with Crippen molar-refractivity contribution in [1.29, 1.82) is 0 Å². The maximum atomic E-state index is 12.4. The summed E-state index contributed by atoms with van der Waals surface area (Å²) < 4.78 is 49.8. The third kappa shape index (κ3) is 4.74. The first-order chi connectivity index (χ1) is 12.2. The van der Waals surface area contributed by atoms with E-state index in [-0.39, 0.29) is 19.6 Å². The summed E-state index contributed by atoms with van der Waals surface area (Å²) in [7, 11) is -6.22. The average Bonchev–Trinajstić information content (AvgIpc) is 2.59. The minimum absolute atomic E-state index is 0.0704. The number of carbonyl (C=O) groups is 2. The fraction of sp³-hybridized carbons (Fsp3) is 0.385. The first kappa shape index (κ1) is 20.2. The highest BCUT2D eigenvalue weighted by molar-refractivity contribution is 7.83. The Bertz CT molecular complexity index is 791. The van der Waals surface area contributed by atoms with Gasteiger partial charge in [-0.3, -0.25) is 19.7 Å². The van der Waals surface area contributed by atoms with E-state index in [1.165, 1.54) is 0 Å². The summed E-state index contributed by atoms with van der Waals surface area (Å²) >= 11 is 0. The number of benzene rings is 1. The van der Waals surface area contributed by atoms with E-state index in [1.807, 2.05) is 0 Å². The number of hydrogen-bond donors (Lipinski definition) is 4. The first-order valence-corrected chi connectivity index (χ1v) is 9.72. The fourth-order valence-corrected chi connectivity index (χ4v) is 3.99. The van der Waals surface area contributed by atoms with Crippen LogP contribution in [0.15, 0.2) is 30.3 Å². The van der Waals surface area contributed by atoms with E-state index in [9.17, 15) is 22.6 Å². The van der Waals surface area contributed by atoms with Crippen molar-refractivity contribution in [2.75, 3.05) is 6.54 Å². The van der Waals surface area contributed by atoms with Crippen molar-refractivity contribution in [2.24, 2.45) is 5.84 Å². The van der Waals surface area contributed by atoms with Crippen molar-refractivity contribution in [1.82, 2.24) is 15.0 Å². The van der Waals surface area contributed by atoms with Crippen molar-refractivity contribution < 1.29 is 31.9 Å². The van der Waals surface area contributed by atoms with Gasteiger partial charge in [-0.05, 0) is 12.0 Å². The maximum Gasteiger partial charge on any atom is 0.411 e. The van der Waals surface area contributed by atoms with Crippen molar-refractivity contribution in [2.45, 2.75) is 24.3 Å². The van der Waals surface area contributed by atoms with Crippen LogP contribution in [0, 0.1) is 0 Å². The van der Waals surface area contributed by atoms with Gasteiger partial charge in [0.2, 0.25) is 0 Å². The molecule has 142 valence electrons. The van der Waals surface area contributed by atoms with E-state index >= 15 is 0 Å². The Morgan fingerprint density at radius 2 is 2.08 bits per heavy atom. The summed E-state index contributed by atoms with van der Waals surface area (Å²) in [4.78, 5) is 24.5. The molecular weight excluding hydrogens is 387 g/mol. The van der Waals surface area contributed by atoms with Gasteiger partial charge in [-0.15, -0.1) is 0 Å². The molecule has 1 aliphatic rings. The van der Waals surface area contributed by atoms with E-state index in [0.29, 0.717) is 10.6 Å². The molecular formula is C13H18N4O7PS+. The second-order valence-electron chi connectivity index (χ2n) is 5.53. The maximum absolute atomic E-state index is 12.4. The monoisotopic (exact) mass is 405 g/mol. The van der Waals surface area contributed by atoms with Crippen molar-refractivity contribution in [3.05, 3.63) is 35.9 Å². The molecule has 1 fully saturated rings. The number of nitrogens with one attached hydrogen (secondary N) is 2. The van der Waals surface area contributed by atoms with E-state index in [2.05, 4.69) is 5.32 Å². The SMILES string of the molecule is NN1CCC(NS(=O)(=O)O)[C@@](NC(=O)OCc2ccccc2)([PH+]=O)C1=O. The van der Waals surface area contributed by atoms with Gasteiger partial charge in [-0.1, -0.05) is 34.9 Å². The Labute approximate surface area is 150 Å². The second kappa shape index (κ2) is 8.06. The van der Waals surface area contributed by atoms with Crippen LogP contribution in [-0.4, -0.2) is 47.8 Å². The number of ether oxygens (including phenoxy) is 1. The largest absolute Gasteiger partial charge is 0.445 e. The number of hydrazine groups is 1. The van der Waals surface area contributed by atoms with Gasteiger partial charge in [0.25, 0.3) is 0 Å².